The number of nitrogens with one attached hydrogen (secondary N) is 2. The summed E-state index contributed by atoms with van der Waals surface area (Å²) in [5, 5.41) is 3.81. The molecule has 7 nitrogen and oxygen atoms in total. The van der Waals surface area contributed by atoms with E-state index in [0.717, 1.165) is 48.9 Å². The molecule has 0 bridgehead atoms. The summed E-state index contributed by atoms with van der Waals surface area (Å²) in [7, 11) is 0. The zero-order valence-corrected chi connectivity index (χ0v) is 19.2. The fraction of sp³-hybridized carbons (Fsp3) is 0.636. The first-order chi connectivity index (χ1) is 15.1. The van der Waals surface area contributed by atoms with Crippen LogP contribution in [0.15, 0.2) is 4.79 Å². The van der Waals surface area contributed by atoms with Crippen LogP contribution in [0, 0.1) is 11.8 Å². The number of hydrogen-bond acceptors (Lipinski definition) is 6. The molecule has 0 spiro atoms. The molecule has 2 aliphatic carbocycles. The van der Waals surface area contributed by atoms with Crippen LogP contribution >= 0.6 is 23.1 Å². The predicted molar refractivity (Wildman–Crippen MR) is 123 cm³/mol. The number of amides is 2. The van der Waals surface area contributed by atoms with E-state index in [0.29, 0.717) is 36.3 Å². The highest BCUT2D eigenvalue weighted by Crippen LogP contribution is 2.34. The van der Waals surface area contributed by atoms with Crippen molar-refractivity contribution < 1.29 is 9.59 Å². The molecule has 0 radical (unpaired) electrons. The van der Waals surface area contributed by atoms with Crippen molar-refractivity contribution in [3.05, 3.63) is 26.6 Å². The molecule has 1 saturated carbocycles. The molecule has 5 rings (SSSR count). The number of thioether (sulfide) groups is 1. The van der Waals surface area contributed by atoms with Crippen LogP contribution < -0.4 is 10.9 Å². The van der Waals surface area contributed by atoms with Crippen molar-refractivity contribution >= 4 is 45.1 Å². The average molecular weight is 461 g/mol. The Labute approximate surface area is 189 Å². The summed E-state index contributed by atoms with van der Waals surface area (Å²) in [4.78, 5) is 49.1. The number of aromatic amines is 1. The van der Waals surface area contributed by atoms with Crippen molar-refractivity contribution in [2.75, 3.05) is 25.4 Å². The summed E-state index contributed by atoms with van der Waals surface area (Å²) in [5.41, 5.74) is 1.13. The molecule has 2 aromatic heterocycles. The van der Waals surface area contributed by atoms with E-state index >= 15 is 0 Å². The molecule has 0 unspecified atom stereocenters. The molecule has 1 atom stereocenters. The van der Waals surface area contributed by atoms with Crippen molar-refractivity contribution in [1.82, 2.24) is 20.2 Å². The lowest BCUT2D eigenvalue weighted by atomic mass is 9.97. The molecule has 0 aromatic carbocycles. The number of rotatable bonds is 7. The first-order valence-electron chi connectivity index (χ1n) is 11.2. The van der Waals surface area contributed by atoms with Gasteiger partial charge in [-0.15, -0.1) is 23.1 Å². The number of likely N-dealkylation sites (tertiary alicyclic amines) is 1. The second-order valence-corrected chi connectivity index (χ2v) is 11.0. The summed E-state index contributed by atoms with van der Waals surface area (Å²) < 4.78 is 0. The van der Waals surface area contributed by atoms with E-state index in [1.165, 1.54) is 35.0 Å². The number of aromatic nitrogens is 2. The molecule has 2 N–H and O–H groups in total. The SMILES string of the molecule is O=C(NCC1CC1)[C@@H]1CCCN(C(=O)CSCc2nc3sc4c(c3c(=O)[nH]2)CCC4)C1. The standard InChI is InChI=1S/C22H28N4O3S2/c27-18(26-8-2-3-14(10-26)20(28)23-9-13-6-7-13)12-30-11-17-24-21(29)19-15-4-1-5-16(15)31-22(19)25-17/h13-14H,1-12H2,(H,23,28)(H,24,25,29)/t14-/m1/s1. The maximum Gasteiger partial charge on any atom is 0.259 e. The lowest BCUT2D eigenvalue weighted by molar-refractivity contribution is -0.133. The number of aryl methyl sites for hydroxylation is 2. The summed E-state index contributed by atoms with van der Waals surface area (Å²) in [5.74, 6) is 2.18. The smallest absolute Gasteiger partial charge is 0.259 e. The van der Waals surface area contributed by atoms with E-state index in [1.807, 2.05) is 4.90 Å². The highest BCUT2D eigenvalue weighted by atomic mass is 32.2. The normalized spacial score (nSPS) is 20.8. The Morgan fingerprint density at radius 2 is 2.10 bits per heavy atom. The Morgan fingerprint density at radius 1 is 1.23 bits per heavy atom. The molecule has 2 aromatic rings. The number of carbonyl (C=O) groups is 2. The van der Waals surface area contributed by atoms with Crippen molar-refractivity contribution in [2.24, 2.45) is 11.8 Å². The number of H-pyrrole nitrogens is 1. The van der Waals surface area contributed by atoms with Gasteiger partial charge in [-0.2, -0.15) is 0 Å². The Morgan fingerprint density at radius 3 is 2.94 bits per heavy atom. The van der Waals surface area contributed by atoms with Gasteiger partial charge >= 0.3 is 0 Å². The van der Waals surface area contributed by atoms with E-state index in [1.54, 1.807) is 11.3 Å². The van der Waals surface area contributed by atoms with Gasteiger partial charge in [-0.1, -0.05) is 0 Å². The molecular weight excluding hydrogens is 432 g/mol. The second kappa shape index (κ2) is 8.94. The number of carbonyl (C=O) groups excluding carboxylic acids is 2. The maximum absolute atomic E-state index is 12.7. The molecule has 166 valence electrons. The van der Waals surface area contributed by atoms with Gasteiger partial charge in [0.1, 0.15) is 10.7 Å². The monoisotopic (exact) mass is 460 g/mol. The van der Waals surface area contributed by atoms with Crippen molar-refractivity contribution in [1.29, 1.82) is 0 Å². The fourth-order valence-electron chi connectivity index (χ4n) is 4.57. The van der Waals surface area contributed by atoms with E-state index in [9.17, 15) is 14.4 Å². The van der Waals surface area contributed by atoms with Crippen LogP contribution in [0.5, 0.6) is 0 Å². The summed E-state index contributed by atoms with van der Waals surface area (Å²) in [6.45, 7) is 2.01. The lowest BCUT2D eigenvalue weighted by Crippen LogP contribution is -2.46. The van der Waals surface area contributed by atoms with Crippen molar-refractivity contribution in [2.45, 2.75) is 50.7 Å². The molecule has 3 heterocycles. The van der Waals surface area contributed by atoms with Crippen LogP contribution in [0.3, 0.4) is 0 Å². The van der Waals surface area contributed by atoms with Crippen LogP contribution in [-0.2, 0) is 28.2 Å². The van der Waals surface area contributed by atoms with E-state index in [4.69, 9.17) is 0 Å². The van der Waals surface area contributed by atoms with Gasteiger partial charge in [0.25, 0.3) is 5.56 Å². The van der Waals surface area contributed by atoms with Crippen molar-refractivity contribution in [3.63, 3.8) is 0 Å². The number of thiophene rings is 1. The minimum absolute atomic E-state index is 0.0533. The van der Waals surface area contributed by atoms with Gasteiger partial charge in [0.2, 0.25) is 11.8 Å². The van der Waals surface area contributed by atoms with E-state index < -0.39 is 0 Å². The minimum Gasteiger partial charge on any atom is -0.356 e. The maximum atomic E-state index is 12.7. The van der Waals surface area contributed by atoms with E-state index in [-0.39, 0.29) is 23.3 Å². The largest absolute Gasteiger partial charge is 0.356 e. The Bertz CT molecular complexity index is 1060. The molecule has 31 heavy (non-hydrogen) atoms. The topological polar surface area (TPSA) is 95.2 Å². The number of piperidine rings is 1. The van der Waals surface area contributed by atoms with Gasteiger partial charge in [-0.3, -0.25) is 14.4 Å². The number of nitrogens with zero attached hydrogens (tertiary/aromatic N) is 2. The minimum atomic E-state index is -0.0948. The summed E-state index contributed by atoms with van der Waals surface area (Å²) in [6, 6.07) is 0. The van der Waals surface area contributed by atoms with Gasteiger partial charge in [-0.25, -0.2) is 4.98 Å². The third kappa shape index (κ3) is 4.67. The summed E-state index contributed by atoms with van der Waals surface area (Å²) in [6.07, 6.45) is 7.29. The third-order valence-corrected chi connectivity index (χ3v) is 8.61. The van der Waals surface area contributed by atoms with Crippen LogP contribution in [0.1, 0.15) is 48.4 Å². The van der Waals surface area contributed by atoms with Crippen LogP contribution in [0.25, 0.3) is 10.2 Å². The summed E-state index contributed by atoms with van der Waals surface area (Å²) >= 11 is 3.10. The van der Waals surface area contributed by atoms with Crippen LogP contribution in [0.2, 0.25) is 0 Å². The van der Waals surface area contributed by atoms with Gasteiger partial charge in [0.05, 0.1) is 22.8 Å². The third-order valence-electron chi connectivity index (χ3n) is 6.50. The van der Waals surface area contributed by atoms with Gasteiger partial charge in [0.15, 0.2) is 0 Å². The van der Waals surface area contributed by atoms with E-state index in [2.05, 4.69) is 15.3 Å². The lowest BCUT2D eigenvalue weighted by Gasteiger charge is -2.32. The molecule has 1 aliphatic heterocycles. The zero-order valence-electron chi connectivity index (χ0n) is 17.6. The molecule has 1 saturated heterocycles. The fourth-order valence-corrected chi connectivity index (χ4v) is 6.64. The molecule has 2 amide bonds. The van der Waals surface area contributed by atoms with Crippen LogP contribution in [-0.4, -0.2) is 52.1 Å². The van der Waals surface area contributed by atoms with Crippen LogP contribution in [0.4, 0.5) is 0 Å². The second-order valence-electron chi connectivity index (χ2n) is 8.91. The van der Waals surface area contributed by atoms with Gasteiger partial charge in [-0.05, 0) is 56.4 Å². The number of fused-ring (bicyclic) bond motifs is 3. The molecule has 2 fully saturated rings. The highest BCUT2D eigenvalue weighted by molar-refractivity contribution is 7.99. The first kappa shape index (κ1) is 21.0. The van der Waals surface area contributed by atoms with Crippen molar-refractivity contribution in [3.8, 4) is 0 Å². The Balaban J connectivity index is 1.13. The average Bonchev–Trinajstić information content (AvgIpc) is 3.38. The number of hydrogen-bond donors (Lipinski definition) is 2. The Kier molecular flexibility index (Phi) is 6.05. The first-order valence-corrected chi connectivity index (χ1v) is 13.2. The van der Waals surface area contributed by atoms with Gasteiger partial charge < -0.3 is 15.2 Å². The molecule has 9 heteroatoms. The predicted octanol–water partition coefficient (Wildman–Crippen LogP) is 2.47. The molecular formula is C22H28N4O3S2. The zero-order chi connectivity index (χ0) is 21.4. The Hall–Kier alpha value is -1.87. The highest BCUT2D eigenvalue weighted by Gasteiger charge is 2.30. The quantitative estimate of drug-likeness (QED) is 0.662. The molecule has 3 aliphatic rings. The van der Waals surface area contributed by atoms with Gasteiger partial charge in [0, 0.05) is 24.5 Å².